The Balaban J connectivity index is 2.25. The predicted octanol–water partition coefficient (Wildman–Crippen LogP) is 0.905. The Labute approximate surface area is 125 Å². The summed E-state index contributed by atoms with van der Waals surface area (Å²) in [5.41, 5.74) is 0.714. The fourth-order valence-corrected chi connectivity index (χ4v) is 1.95. The van der Waals surface area contributed by atoms with E-state index in [2.05, 4.69) is 15.5 Å². The molecule has 22 heavy (non-hydrogen) atoms. The minimum atomic E-state index is -0.782. The quantitative estimate of drug-likeness (QED) is 0.659. The Morgan fingerprint density at radius 2 is 2.27 bits per heavy atom. The third-order valence-corrected chi connectivity index (χ3v) is 3.14. The Morgan fingerprint density at radius 1 is 1.59 bits per heavy atom. The molecule has 10 nitrogen and oxygen atoms in total. The van der Waals surface area contributed by atoms with E-state index in [0.29, 0.717) is 5.69 Å². The van der Waals surface area contributed by atoms with Gasteiger partial charge < -0.3 is 15.4 Å². The molecule has 0 spiro atoms. The number of nitriles is 1. The molecule has 1 amide bonds. The van der Waals surface area contributed by atoms with Gasteiger partial charge in [0.1, 0.15) is 23.5 Å². The van der Waals surface area contributed by atoms with Crippen molar-refractivity contribution in [2.24, 2.45) is 7.05 Å². The highest BCUT2D eigenvalue weighted by molar-refractivity contribution is 5.93. The highest BCUT2D eigenvalue weighted by Gasteiger charge is 2.25. The highest BCUT2D eigenvalue weighted by Crippen LogP contribution is 2.19. The zero-order valence-corrected chi connectivity index (χ0v) is 12.1. The van der Waals surface area contributed by atoms with Gasteiger partial charge in [0.15, 0.2) is 0 Å². The molecule has 114 valence electrons. The molecule has 2 aromatic heterocycles. The number of amides is 1. The predicted molar refractivity (Wildman–Crippen MR) is 74.9 cm³/mol. The summed E-state index contributed by atoms with van der Waals surface area (Å²) >= 11 is 0. The standard InChI is InChI=1S/C12H13N7O3/c1-7-4-10(19(21)22)16-18(7)8(2)12(20)15-11-9(5-13)6-14-17(11)3/h4,6,8H,1-3H3,(H,15,20). The largest absolute Gasteiger partial charge is 0.390 e. The van der Waals surface area contributed by atoms with Crippen LogP contribution in [-0.4, -0.2) is 30.4 Å². The zero-order chi connectivity index (χ0) is 16.4. The fourth-order valence-electron chi connectivity index (χ4n) is 1.95. The maximum Gasteiger partial charge on any atom is 0.390 e. The van der Waals surface area contributed by atoms with E-state index in [9.17, 15) is 14.9 Å². The molecule has 2 heterocycles. The van der Waals surface area contributed by atoms with E-state index in [4.69, 9.17) is 5.26 Å². The molecule has 0 radical (unpaired) electrons. The van der Waals surface area contributed by atoms with E-state index in [1.54, 1.807) is 20.9 Å². The van der Waals surface area contributed by atoms with Crippen molar-refractivity contribution in [1.29, 1.82) is 5.26 Å². The Kier molecular flexibility index (Phi) is 3.89. The van der Waals surface area contributed by atoms with Crippen molar-refractivity contribution >= 4 is 17.5 Å². The number of hydrogen-bond donors (Lipinski definition) is 1. The zero-order valence-electron chi connectivity index (χ0n) is 12.1. The number of hydrogen-bond acceptors (Lipinski definition) is 6. The van der Waals surface area contributed by atoms with E-state index in [1.807, 2.05) is 6.07 Å². The summed E-state index contributed by atoms with van der Waals surface area (Å²) in [6.45, 7) is 3.18. The van der Waals surface area contributed by atoms with Crippen LogP contribution in [0.25, 0.3) is 0 Å². The molecule has 0 aliphatic heterocycles. The van der Waals surface area contributed by atoms with Gasteiger partial charge in [0.25, 0.3) is 5.91 Å². The van der Waals surface area contributed by atoms with Gasteiger partial charge in [-0.3, -0.25) is 9.48 Å². The minimum absolute atomic E-state index is 0.228. The molecule has 0 aromatic carbocycles. The van der Waals surface area contributed by atoms with Gasteiger partial charge in [-0.05, 0) is 18.8 Å². The maximum absolute atomic E-state index is 12.3. The van der Waals surface area contributed by atoms with Crippen molar-refractivity contribution in [1.82, 2.24) is 19.6 Å². The van der Waals surface area contributed by atoms with Crippen LogP contribution in [0.2, 0.25) is 0 Å². The van der Waals surface area contributed by atoms with Crippen LogP contribution in [0.1, 0.15) is 24.2 Å². The van der Waals surface area contributed by atoms with Crippen LogP contribution in [0.15, 0.2) is 12.3 Å². The van der Waals surface area contributed by atoms with Gasteiger partial charge in [-0.15, -0.1) is 0 Å². The molecule has 1 N–H and O–H groups in total. The summed E-state index contributed by atoms with van der Waals surface area (Å²) in [5.74, 6) is -0.518. The number of carbonyl (C=O) groups is 1. The third kappa shape index (κ3) is 2.64. The molecule has 0 saturated carbocycles. The average molecular weight is 303 g/mol. The number of nitrogens with one attached hydrogen (secondary N) is 1. The normalized spacial score (nSPS) is 11.7. The first-order valence-corrected chi connectivity index (χ1v) is 6.28. The third-order valence-electron chi connectivity index (χ3n) is 3.14. The Hall–Kier alpha value is -3.22. The molecular formula is C12H13N7O3. The average Bonchev–Trinajstić information content (AvgIpc) is 3.02. The summed E-state index contributed by atoms with van der Waals surface area (Å²) in [6, 6.07) is 2.43. The van der Waals surface area contributed by atoms with Crippen LogP contribution < -0.4 is 5.32 Å². The molecule has 0 aliphatic rings. The molecule has 1 atom stereocenters. The van der Waals surface area contributed by atoms with Crippen LogP contribution in [0, 0.1) is 28.4 Å². The lowest BCUT2D eigenvalue weighted by atomic mass is 10.3. The number of aromatic nitrogens is 4. The number of aryl methyl sites for hydroxylation is 2. The van der Waals surface area contributed by atoms with Crippen LogP contribution in [0.5, 0.6) is 0 Å². The Bertz CT molecular complexity index is 783. The van der Waals surface area contributed by atoms with Crippen LogP contribution in [-0.2, 0) is 11.8 Å². The van der Waals surface area contributed by atoms with Gasteiger partial charge in [0.2, 0.25) is 0 Å². The molecular weight excluding hydrogens is 290 g/mol. The highest BCUT2D eigenvalue weighted by atomic mass is 16.6. The van der Waals surface area contributed by atoms with Gasteiger partial charge in [-0.2, -0.15) is 15.0 Å². The number of carbonyl (C=O) groups excluding carboxylic acids is 1. The molecule has 0 aliphatic carbocycles. The van der Waals surface area contributed by atoms with Crippen LogP contribution in [0.3, 0.4) is 0 Å². The monoisotopic (exact) mass is 303 g/mol. The molecule has 1 unspecified atom stereocenters. The van der Waals surface area contributed by atoms with E-state index in [-0.39, 0.29) is 17.2 Å². The van der Waals surface area contributed by atoms with E-state index >= 15 is 0 Å². The first-order chi connectivity index (χ1) is 10.3. The van der Waals surface area contributed by atoms with Crippen molar-refractivity contribution < 1.29 is 9.72 Å². The van der Waals surface area contributed by atoms with Crippen molar-refractivity contribution in [2.75, 3.05) is 5.32 Å². The van der Waals surface area contributed by atoms with Crippen LogP contribution in [0.4, 0.5) is 11.6 Å². The van der Waals surface area contributed by atoms with Crippen molar-refractivity contribution in [3.8, 4) is 6.07 Å². The number of anilines is 1. The molecule has 0 bridgehead atoms. The van der Waals surface area contributed by atoms with Gasteiger partial charge in [0.05, 0.1) is 23.1 Å². The SMILES string of the molecule is Cc1cc([N+](=O)[O-])nn1C(C)C(=O)Nc1c(C#N)cnn1C. The minimum Gasteiger partial charge on any atom is -0.358 e. The van der Waals surface area contributed by atoms with Gasteiger partial charge >= 0.3 is 5.82 Å². The van der Waals surface area contributed by atoms with Crippen LogP contribution >= 0.6 is 0 Å². The van der Waals surface area contributed by atoms with Gasteiger partial charge in [-0.25, -0.2) is 0 Å². The first-order valence-electron chi connectivity index (χ1n) is 6.28. The molecule has 2 aromatic rings. The summed E-state index contributed by atoms with van der Waals surface area (Å²) in [6.07, 6.45) is 1.34. The lowest BCUT2D eigenvalue weighted by Crippen LogP contribution is -2.26. The topological polar surface area (TPSA) is 132 Å². The second-order valence-electron chi connectivity index (χ2n) is 4.65. The van der Waals surface area contributed by atoms with Crippen molar-refractivity contribution in [2.45, 2.75) is 19.9 Å². The van der Waals surface area contributed by atoms with Crippen molar-refractivity contribution in [3.05, 3.63) is 33.6 Å². The van der Waals surface area contributed by atoms with Crippen molar-refractivity contribution in [3.63, 3.8) is 0 Å². The maximum atomic E-state index is 12.3. The first kappa shape index (κ1) is 15.2. The molecule has 10 heteroatoms. The summed E-state index contributed by atoms with van der Waals surface area (Å²) in [7, 11) is 1.59. The number of nitro groups is 1. The van der Waals surface area contributed by atoms with Gasteiger partial charge in [-0.1, -0.05) is 0 Å². The lowest BCUT2D eigenvalue weighted by Gasteiger charge is -2.11. The smallest absolute Gasteiger partial charge is 0.358 e. The summed E-state index contributed by atoms with van der Waals surface area (Å²) in [4.78, 5) is 22.4. The number of rotatable bonds is 4. The Morgan fingerprint density at radius 3 is 2.82 bits per heavy atom. The fraction of sp³-hybridized carbons (Fsp3) is 0.333. The molecule has 0 saturated heterocycles. The second kappa shape index (κ2) is 5.65. The molecule has 0 fully saturated rings. The van der Waals surface area contributed by atoms with Gasteiger partial charge in [0, 0.05) is 7.05 Å². The second-order valence-corrected chi connectivity index (χ2v) is 4.65. The van der Waals surface area contributed by atoms with E-state index < -0.39 is 16.9 Å². The molecule has 2 rings (SSSR count). The summed E-state index contributed by atoms with van der Waals surface area (Å²) < 4.78 is 2.62. The summed E-state index contributed by atoms with van der Waals surface area (Å²) in [5, 5.41) is 29.9. The van der Waals surface area contributed by atoms with E-state index in [1.165, 1.54) is 21.6 Å². The number of nitrogens with zero attached hydrogens (tertiary/aromatic N) is 6. The lowest BCUT2D eigenvalue weighted by molar-refractivity contribution is -0.389. The van der Waals surface area contributed by atoms with E-state index in [0.717, 1.165) is 0 Å².